The van der Waals surface area contributed by atoms with E-state index in [4.69, 9.17) is 10.2 Å². The van der Waals surface area contributed by atoms with Gasteiger partial charge in [0.1, 0.15) is 0 Å². The third kappa shape index (κ3) is 39.7. The van der Waals surface area contributed by atoms with E-state index in [2.05, 4.69) is 13.2 Å². The standard InChI is InChI=1S/2C3H4O2.K/c2*1-2-3(4)5;/h2*2H,1H2,(H,4,5);. The number of carboxylic acids is 2. The molecule has 0 rings (SSSR count). The van der Waals surface area contributed by atoms with Gasteiger partial charge in [-0.2, -0.15) is 0 Å². The summed E-state index contributed by atoms with van der Waals surface area (Å²) in [5, 5.41) is 15.2. The van der Waals surface area contributed by atoms with E-state index in [1.54, 1.807) is 0 Å². The van der Waals surface area contributed by atoms with E-state index in [9.17, 15) is 9.59 Å². The summed E-state index contributed by atoms with van der Waals surface area (Å²) in [7, 11) is 0. The van der Waals surface area contributed by atoms with Gasteiger partial charge in [0, 0.05) is 63.5 Å². The van der Waals surface area contributed by atoms with Gasteiger partial charge >= 0.3 is 11.9 Å². The number of hydrogen-bond acceptors (Lipinski definition) is 2. The summed E-state index contributed by atoms with van der Waals surface area (Å²) in [4.78, 5) is 18.5. The van der Waals surface area contributed by atoms with Crippen LogP contribution >= 0.6 is 0 Å². The molecule has 0 aromatic heterocycles. The molecule has 1 radical (unpaired) electrons. The van der Waals surface area contributed by atoms with Crippen LogP contribution in [0.25, 0.3) is 0 Å². The molecular weight excluding hydrogens is 175 g/mol. The van der Waals surface area contributed by atoms with Crippen molar-refractivity contribution in [2.24, 2.45) is 0 Å². The van der Waals surface area contributed by atoms with Crippen LogP contribution in [0.2, 0.25) is 0 Å². The van der Waals surface area contributed by atoms with Crippen LogP contribution in [0, 0.1) is 0 Å². The Morgan fingerprint density at radius 2 is 1.09 bits per heavy atom. The third-order valence-corrected chi connectivity index (χ3v) is 0.349. The first kappa shape index (κ1) is 17.2. The van der Waals surface area contributed by atoms with Crippen LogP contribution in [0.15, 0.2) is 25.3 Å². The van der Waals surface area contributed by atoms with Crippen molar-refractivity contribution in [3.63, 3.8) is 0 Å². The van der Waals surface area contributed by atoms with Gasteiger partial charge in [0.05, 0.1) is 0 Å². The van der Waals surface area contributed by atoms with Gasteiger partial charge in [0.25, 0.3) is 0 Å². The number of carboxylic acid groups (broad SMARTS) is 2. The van der Waals surface area contributed by atoms with Crippen LogP contribution in [-0.4, -0.2) is 73.5 Å². The van der Waals surface area contributed by atoms with Gasteiger partial charge in [-0.3, -0.25) is 0 Å². The molecule has 0 bridgehead atoms. The Hall–Kier alpha value is 0.0564. The van der Waals surface area contributed by atoms with E-state index in [1.165, 1.54) is 0 Å². The monoisotopic (exact) mass is 183 g/mol. The maximum Gasteiger partial charge on any atom is 0.327 e. The summed E-state index contributed by atoms with van der Waals surface area (Å²) < 4.78 is 0. The molecule has 0 unspecified atom stereocenters. The van der Waals surface area contributed by atoms with Crippen molar-refractivity contribution >= 4 is 63.3 Å². The summed E-state index contributed by atoms with van der Waals surface area (Å²) in [5.41, 5.74) is 0. The van der Waals surface area contributed by atoms with Crippen molar-refractivity contribution in [1.29, 1.82) is 0 Å². The van der Waals surface area contributed by atoms with Crippen molar-refractivity contribution in [1.82, 2.24) is 0 Å². The summed E-state index contributed by atoms with van der Waals surface area (Å²) in [6.07, 6.45) is 1.67. The van der Waals surface area contributed by atoms with Gasteiger partial charge in [-0.1, -0.05) is 13.2 Å². The summed E-state index contributed by atoms with van der Waals surface area (Å²) in [5.74, 6) is -1.96. The summed E-state index contributed by atoms with van der Waals surface area (Å²) in [6, 6.07) is 0. The fourth-order valence-electron chi connectivity index (χ4n) is 0. The summed E-state index contributed by atoms with van der Waals surface area (Å²) in [6.45, 7) is 5.92. The van der Waals surface area contributed by atoms with E-state index >= 15 is 0 Å². The van der Waals surface area contributed by atoms with E-state index in [1.807, 2.05) is 0 Å². The largest absolute Gasteiger partial charge is 0.478 e. The SMILES string of the molecule is C=CC(=O)O.C=CC(=O)O.[K]. The molecule has 5 heteroatoms. The maximum absolute atomic E-state index is 9.25. The number of carbonyl (C=O) groups is 2. The Kier molecular flexibility index (Phi) is 19.9. The van der Waals surface area contributed by atoms with E-state index in [0.717, 1.165) is 12.2 Å². The van der Waals surface area contributed by atoms with Crippen LogP contribution in [0.4, 0.5) is 0 Å². The molecule has 0 aromatic rings. The Labute approximate surface area is 107 Å². The minimum atomic E-state index is -0.981. The van der Waals surface area contributed by atoms with Gasteiger partial charge in [0.2, 0.25) is 0 Å². The average molecular weight is 183 g/mol. The van der Waals surface area contributed by atoms with Crippen molar-refractivity contribution in [2.75, 3.05) is 0 Å². The Morgan fingerprint density at radius 3 is 1.09 bits per heavy atom. The van der Waals surface area contributed by atoms with Crippen LogP contribution in [0.1, 0.15) is 0 Å². The van der Waals surface area contributed by atoms with Gasteiger partial charge in [-0.15, -0.1) is 0 Å². The molecule has 0 spiro atoms. The molecule has 57 valence electrons. The van der Waals surface area contributed by atoms with Gasteiger partial charge in [0.15, 0.2) is 0 Å². The third-order valence-electron chi connectivity index (χ3n) is 0.349. The molecule has 4 nitrogen and oxygen atoms in total. The smallest absolute Gasteiger partial charge is 0.327 e. The van der Waals surface area contributed by atoms with Crippen LogP contribution < -0.4 is 0 Å². The van der Waals surface area contributed by atoms with Gasteiger partial charge in [-0.05, 0) is 0 Å². The predicted octanol–water partition coefficient (Wildman–Crippen LogP) is 0.133. The molecule has 0 saturated carbocycles. The first-order valence-corrected chi connectivity index (χ1v) is 2.25. The van der Waals surface area contributed by atoms with Crippen LogP contribution in [0.3, 0.4) is 0 Å². The Balaban J connectivity index is -0.000000107. The van der Waals surface area contributed by atoms with Crippen molar-refractivity contribution < 1.29 is 19.8 Å². The minimum Gasteiger partial charge on any atom is -0.478 e. The molecule has 11 heavy (non-hydrogen) atoms. The Morgan fingerprint density at radius 1 is 1.00 bits per heavy atom. The molecule has 0 saturated heterocycles. The molecule has 0 amide bonds. The molecule has 0 atom stereocenters. The van der Waals surface area contributed by atoms with Crippen LogP contribution in [-0.2, 0) is 9.59 Å². The number of rotatable bonds is 2. The fraction of sp³-hybridized carbons (Fsp3) is 0. The van der Waals surface area contributed by atoms with E-state index in [0.29, 0.717) is 0 Å². The predicted molar refractivity (Wildman–Crippen MR) is 41.4 cm³/mol. The van der Waals surface area contributed by atoms with Crippen molar-refractivity contribution in [3.05, 3.63) is 25.3 Å². The van der Waals surface area contributed by atoms with Crippen molar-refractivity contribution in [3.8, 4) is 0 Å². The van der Waals surface area contributed by atoms with E-state index in [-0.39, 0.29) is 51.4 Å². The summed E-state index contributed by atoms with van der Waals surface area (Å²) >= 11 is 0. The maximum atomic E-state index is 9.25. The van der Waals surface area contributed by atoms with Crippen molar-refractivity contribution in [2.45, 2.75) is 0 Å². The first-order valence-electron chi connectivity index (χ1n) is 2.25. The molecule has 2 N–H and O–H groups in total. The molecule has 0 aromatic carbocycles. The fourth-order valence-corrected chi connectivity index (χ4v) is 0. The zero-order valence-corrected chi connectivity index (χ0v) is 9.40. The van der Waals surface area contributed by atoms with Gasteiger partial charge < -0.3 is 10.2 Å². The molecule has 0 aliphatic rings. The minimum absolute atomic E-state index is 0. The molecule has 0 aliphatic carbocycles. The second-order valence-electron chi connectivity index (χ2n) is 1.08. The first-order chi connectivity index (χ1) is 4.54. The molecule has 0 fully saturated rings. The zero-order chi connectivity index (χ0) is 8.57. The zero-order valence-electron chi connectivity index (χ0n) is 6.28. The van der Waals surface area contributed by atoms with Crippen LogP contribution in [0.5, 0.6) is 0 Å². The molecule has 0 heterocycles. The van der Waals surface area contributed by atoms with Gasteiger partial charge in [-0.25, -0.2) is 9.59 Å². The second kappa shape index (κ2) is 12.7. The second-order valence-corrected chi connectivity index (χ2v) is 1.08. The Bertz CT molecular complexity index is 135. The average Bonchev–Trinajstić information content (AvgIpc) is 1.89. The topological polar surface area (TPSA) is 74.6 Å². The normalized spacial score (nSPS) is 5.82. The quantitative estimate of drug-likeness (QED) is 0.471. The number of aliphatic carboxylic acids is 2. The molecular formula is C6H8KO4. The molecule has 0 aliphatic heterocycles. The number of hydrogen-bond donors (Lipinski definition) is 2. The van der Waals surface area contributed by atoms with E-state index < -0.39 is 11.9 Å².